The second kappa shape index (κ2) is 6.76. The lowest BCUT2D eigenvalue weighted by atomic mass is 10.0. The molecule has 0 fully saturated rings. The number of nitrogens with one attached hydrogen (secondary N) is 2. The number of aliphatic hydroxyl groups is 1. The minimum absolute atomic E-state index is 0.133. The maximum Gasteiger partial charge on any atom is 0.321 e. The number of hydrogen-bond donors (Lipinski definition) is 3. The van der Waals surface area contributed by atoms with Gasteiger partial charge >= 0.3 is 6.03 Å². The van der Waals surface area contributed by atoms with E-state index in [-0.39, 0.29) is 12.6 Å². The normalized spacial score (nSPS) is 12.1. The monoisotopic (exact) mass is 327 g/mol. The summed E-state index contributed by atoms with van der Waals surface area (Å²) < 4.78 is 0. The molecule has 0 bridgehead atoms. The standard InChI is InChI=1S/C17H17N3O2S/c1-11-10-23-17(19-11)20-16(22)18-9-15(21)14-7-6-12-4-2-3-5-13(12)8-14/h2-8,10,15,21H,9H2,1H3,(H2,18,19,20,22). The number of hydrogen-bond acceptors (Lipinski definition) is 4. The number of aromatic nitrogens is 1. The highest BCUT2D eigenvalue weighted by molar-refractivity contribution is 7.13. The Kier molecular flexibility index (Phi) is 4.55. The van der Waals surface area contributed by atoms with Gasteiger partial charge in [-0.2, -0.15) is 0 Å². The summed E-state index contributed by atoms with van der Waals surface area (Å²) in [5.41, 5.74) is 1.63. The molecule has 0 aliphatic heterocycles. The number of aliphatic hydroxyl groups excluding tert-OH is 1. The van der Waals surface area contributed by atoms with Gasteiger partial charge in [0.25, 0.3) is 0 Å². The van der Waals surface area contributed by atoms with Crippen molar-refractivity contribution in [2.45, 2.75) is 13.0 Å². The van der Waals surface area contributed by atoms with E-state index in [1.165, 1.54) is 11.3 Å². The van der Waals surface area contributed by atoms with Gasteiger partial charge < -0.3 is 10.4 Å². The van der Waals surface area contributed by atoms with Crippen molar-refractivity contribution in [2.24, 2.45) is 0 Å². The zero-order valence-electron chi connectivity index (χ0n) is 12.6. The highest BCUT2D eigenvalue weighted by Gasteiger charge is 2.11. The van der Waals surface area contributed by atoms with Crippen molar-refractivity contribution in [1.29, 1.82) is 0 Å². The van der Waals surface area contributed by atoms with E-state index in [4.69, 9.17) is 0 Å². The number of amides is 2. The van der Waals surface area contributed by atoms with Crippen LogP contribution >= 0.6 is 11.3 Å². The molecule has 5 nitrogen and oxygen atoms in total. The van der Waals surface area contributed by atoms with Crippen LogP contribution in [0.3, 0.4) is 0 Å². The second-order valence-electron chi connectivity index (χ2n) is 5.25. The number of benzene rings is 2. The van der Waals surface area contributed by atoms with Gasteiger partial charge in [0.1, 0.15) is 0 Å². The van der Waals surface area contributed by atoms with Gasteiger partial charge in [0.2, 0.25) is 0 Å². The minimum atomic E-state index is -0.761. The van der Waals surface area contributed by atoms with Crippen LogP contribution in [0.4, 0.5) is 9.93 Å². The number of thiazole rings is 1. The van der Waals surface area contributed by atoms with Gasteiger partial charge in [-0.25, -0.2) is 9.78 Å². The molecule has 3 N–H and O–H groups in total. The molecule has 0 aliphatic rings. The van der Waals surface area contributed by atoms with Crippen LogP contribution in [0.15, 0.2) is 47.8 Å². The molecule has 0 saturated heterocycles. The third kappa shape index (κ3) is 3.85. The van der Waals surface area contributed by atoms with E-state index in [0.717, 1.165) is 22.0 Å². The van der Waals surface area contributed by atoms with Crippen molar-refractivity contribution in [3.63, 3.8) is 0 Å². The molecule has 23 heavy (non-hydrogen) atoms. The zero-order valence-corrected chi connectivity index (χ0v) is 13.4. The van der Waals surface area contributed by atoms with E-state index in [1.807, 2.05) is 54.8 Å². The Balaban J connectivity index is 1.59. The van der Waals surface area contributed by atoms with Crippen LogP contribution in [0.5, 0.6) is 0 Å². The fourth-order valence-corrected chi connectivity index (χ4v) is 2.96. The summed E-state index contributed by atoms with van der Waals surface area (Å²) in [6.07, 6.45) is -0.761. The number of carbonyl (C=O) groups is 1. The SMILES string of the molecule is Cc1csc(NC(=O)NCC(O)c2ccc3ccccc3c2)n1. The first kappa shape index (κ1) is 15.5. The van der Waals surface area contributed by atoms with Gasteiger partial charge in [0, 0.05) is 11.9 Å². The smallest absolute Gasteiger partial charge is 0.321 e. The van der Waals surface area contributed by atoms with Gasteiger partial charge in [-0.15, -0.1) is 11.3 Å². The molecule has 3 rings (SSSR count). The van der Waals surface area contributed by atoms with E-state index in [2.05, 4.69) is 15.6 Å². The molecule has 1 unspecified atom stereocenters. The first-order valence-electron chi connectivity index (χ1n) is 7.25. The molecule has 0 saturated carbocycles. The second-order valence-corrected chi connectivity index (χ2v) is 6.11. The molecular weight excluding hydrogens is 310 g/mol. The lowest BCUT2D eigenvalue weighted by molar-refractivity contribution is 0.175. The van der Waals surface area contributed by atoms with Crippen LogP contribution < -0.4 is 10.6 Å². The van der Waals surface area contributed by atoms with Crippen molar-refractivity contribution in [2.75, 3.05) is 11.9 Å². The van der Waals surface area contributed by atoms with Gasteiger partial charge in [-0.05, 0) is 29.3 Å². The highest BCUT2D eigenvalue weighted by Crippen LogP contribution is 2.20. The maximum absolute atomic E-state index is 11.8. The quantitative estimate of drug-likeness (QED) is 0.687. The number of rotatable bonds is 4. The summed E-state index contributed by atoms with van der Waals surface area (Å²) in [6.45, 7) is 2.00. The molecule has 2 aromatic carbocycles. The molecule has 1 aromatic heterocycles. The van der Waals surface area contributed by atoms with Crippen molar-refractivity contribution in [1.82, 2.24) is 10.3 Å². The van der Waals surface area contributed by atoms with Crippen LogP contribution in [0.2, 0.25) is 0 Å². The molecule has 6 heteroatoms. The number of nitrogens with zero attached hydrogens (tertiary/aromatic N) is 1. The van der Waals surface area contributed by atoms with Gasteiger partial charge in [-0.3, -0.25) is 5.32 Å². The van der Waals surface area contributed by atoms with Crippen molar-refractivity contribution >= 4 is 33.3 Å². The lowest BCUT2D eigenvalue weighted by Gasteiger charge is -2.13. The van der Waals surface area contributed by atoms with E-state index in [0.29, 0.717) is 5.13 Å². The molecule has 0 radical (unpaired) electrons. The summed E-state index contributed by atoms with van der Waals surface area (Å²) in [5.74, 6) is 0. The van der Waals surface area contributed by atoms with Crippen LogP contribution in [-0.4, -0.2) is 22.7 Å². The molecule has 118 valence electrons. The highest BCUT2D eigenvalue weighted by atomic mass is 32.1. The van der Waals surface area contributed by atoms with Crippen molar-refractivity contribution in [3.05, 3.63) is 59.1 Å². The molecule has 0 spiro atoms. The first-order chi connectivity index (χ1) is 11.1. The lowest BCUT2D eigenvalue weighted by Crippen LogP contribution is -2.32. The van der Waals surface area contributed by atoms with Gasteiger partial charge in [0.05, 0.1) is 11.8 Å². The minimum Gasteiger partial charge on any atom is -0.387 e. The van der Waals surface area contributed by atoms with Crippen LogP contribution in [-0.2, 0) is 0 Å². The Morgan fingerprint density at radius 1 is 1.26 bits per heavy atom. The van der Waals surface area contributed by atoms with E-state index in [1.54, 1.807) is 0 Å². The number of urea groups is 1. The summed E-state index contributed by atoms with van der Waals surface area (Å²) >= 11 is 1.36. The maximum atomic E-state index is 11.8. The Labute approximate surface area is 138 Å². The topological polar surface area (TPSA) is 74.2 Å². The van der Waals surface area contributed by atoms with E-state index in [9.17, 15) is 9.90 Å². The summed E-state index contributed by atoms with van der Waals surface area (Å²) in [5, 5.41) is 20.1. The first-order valence-corrected chi connectivity index (χ1v) is 8.13. The molecule has 1 heterocycles. The fourth-order valence-electron chi connectivity index (χ4n) is 2.27. The van der Waals surface area contributed by atoms with E-state index >= 15 is 0 Å². The summed E-state index contributed by atoms with van der Waals surface area (Å²) in [7, 11) is 0. The van der Waals surface area contributed by atoms with Crippen LogP contribution in [0, 0.1) is 6.92 Å². The molecule has 3 aromatic rings. The Bertz CT molecular complexity index is 831. The number of fused-ring (bicyclic) bond motifs is 1. The third-order valence-electron chi connectivity index (χ3n) is 3.45. The predicted octanol–water partition coefficient (Wildman–Crippen LogP) is 3.46. The molecule has 1 atom stereocenters. The Morgan fingerprint density at radius 2 is 2.04 bits per heavy atom. The average Bonchev–Trinajstić information content (AvgIpc) is 2.97. The zero-order chi connectivity index (χ0) is 16.2. The summed E-state index contributed by atoms with van der Waals surface area (Å²) in [6, 6.07) is 13.3. The molecule has 2 amide bonds. The van der Waals surface area contributed by atoms with Crippen molar-refractivity contribution in [3.8, 4) is 0 Å². The largest absolute Gasteiger partial charge is 0.387 e. The van der Waals surface area contributed by atoms with Crippen LogP contribution in [0.1, 0.15) is 17.4 Å². The van der Waals surface area contributed by atoms with Crippen LogP contribution in [0.25, 0.3) is 10.8 Å². The summed E-state index contributed by atoms with van der Waals surface area (Å²) in [4.78, 5) is 16.0. The average molecular weight is 327 g/mol. The molecular formula is C17H17N3O2S. The predicted molar refractivity (Wildman–Crippen MR) is 92.8 cm³/mol. The Hall–Kier alpha value is -2.44. The van der Waals surface area contributed by atoms with Gasteiger partial charge in [0.15, 0.2) is 5.13 Å². The molecule has 0 aliphatic carbocycles. The number of anilines is 1. The number of aryl methyl sites for hydroxylation is 1. The third-order valence-corrected chi connectivity index (χ3v) is 4.33. The number of carbonyl (C=O) groups excluding carboxylic acids is 1. The fraction of sp³-hybridized carbons (Fsp3) is 0.176. The Morgan fingerprint density at radius 3 is 2.78 bits per heavy atom. The van der Waals surface area contributed by atoms with Crippen molar-refractivity contribution < 1.29 is 9.90 Å². The van der Waals surface area contributed by atoms with E-state index < -0.39 is 6.10 Å². The van der Waals surface area contributed by atoms with Gasteiger partial charge in [-0.1, -0.05) is 36.4 Å².